The minimum Gasteiger partial charge on any atom is -0.464 e. The van der Waals surface area contributed by atoms with E-state index in [0.29, 0.717) is 11.6 Å². The van der Waals surface area contributed by atoms with E-state index in [1.165, 1.54) is 19.3 Å². The maximum absolute atomic E-state index is 11.6. The van der Waals surface area contributed by atoms with Crippen molar-refractivity contribution >= 4 is 23.5 Å². The van der Waals surface area contributed by atoms with E-state index < -0.39 is 11.9 Å². The number of rotatable bonds is 12. The Morgan fingerprint density at radius 1 is 0.958 bits per heavy atom. The summed E-state index contributed by atoms with van der Waals surface area (Å²) < 4.78 is 15.0. The second-order valence-electron chi connectivity index (χ2n) is 5.39. The molecular weight excluding hydrogens is 332 g/mol. The maximum atomic E-state index is 11.6. The molecule has 1 aromatic rings. The highest BCUT2D eigenvalue weighted by molar-refractivity contribution is 6.32. The minimum atomic E-state index is -0.619. The van der Waals surface area contributed by atoms with Gasteiger partial charge >= 0.3 is 11.9 Å². The van der Waals surface area contributed by atoms with E-state index in [1.807, 2.05) is 0 Å². The molecule has 0 aliphatic carbocycles. The molecule has 0 unspecified atom stereocenters. The van der Waals surface area contributed by atoms with E-state index in [0.717, 1.165) is 19.3 Å². The molecule has 24 heavy (non-hydrogen) atoms. The molecule has 6 heteroatoms. The van der Waals surface area contributed by atoms with E-state index in [4.69, 9.17) is 25.8 Å². The van der Waals surface area contributed by atoms with E-state index >= 15 is 0 Å². The molecule has 5 nitrogen and oxygen atoms in total. The maximum Gasteiger partial charge on any atom is 0.337 e. The van der Waals surface area contributed by atoms with E-state index in [9.17, 15) is 9.59 Å². The minimum absolute atomic E-state index is 0.262. The summed E-state index contributed by atoms with van der Waals surface area (Å²) in [5, 5.41) is 0.337. The van der Waals surface area contributed by atoms with E-state index in [-0.39, 0.29) is 19.0 Å². The molecule has 1 rings (SSSR count). The second kappa shape index (κ2) is 12.8. The van der Waals surface area contributed by atoms with Gasteiger partial charge in [-0.05, 0) is 18.6 Å². The van der Waals surface area contributed by atoms with Gasteiger partial charge in [0.1, 0.15) is 19.0 Å². The van der Waals surface area contributed by atoms with Gasteiger partial charge in [0.15, 0.2) is 0 Å². The third-order valence-corrected chi connectivity index (χ3v) is 3.57. The molecule has 0 aliphatic rings. The smallest absolute Gasteiger partial charge is 0.337 e. The van der Waals surface area contributed by atoms with Crippen LogP contribution < -0.4 is 4.74 Å². The number of esters is 2. The first-order valence-electron chi connectivity index (χ1n) is 8.32. The molecule has 0 atom stereocenters. The predicted molar refractivity (Wildman–Crippen MR) is 92.2 cm³/mol. The lowest BCUT2D eigenvalue weighted by atomic mass is 10.1. The van der Waals surface area contributed by atoms with Gasteiger partial charge in [-0.25, -0.2) is 9.59 Å². The monoisotopic (exact) mass is 356 g/mol. The third kappa shape index (κ3) is 9.53. The van der Waals surface area contributed by atoms with Gasteiger partial charge in [0.25, 0.3) is 0 Å². The average Bonchev–Trinajstić information content (AvgIpc) is 2.56. The predicted octanol–water partition coefficient (Wildman–Crippen LogP) is 4.17. The van der Waals surface area contributed by atoms with Crippen LogP contribution in [0.4, 0.5) is 0 Å². The lowest BCUT2D eigenvalue weighted by molar-refractivity contribution is -0.152. The van der Waals surface area contributed by atoms with Gasteiger partial charge < -0.3 is 14.2 Å². The largest absolute Gasteiger partial charge is 0.464 e. The molecule has 0 amide bonds. The number of ether oxygens (including phenoxy) is 3. The fraction of sp³-hybridized carbons (Fsp3) is 0.556. The average molecular weight is 357 g/mol. The number of benzene rings is 1. The number of carbonyl (C=O) groups excluding carboxylic acids is 2. The van der Waals surface area contributed by atoms with Crippen LogP contribution in [0.25, 0.3) is 0 Å². The number of hydrogen-bond donors (Lipinski definition) is 0. The fourth-order valence-electron chi connectivity index (χ4n) is 2.01. The molecule has 0 bridgehead atoms. The van der Waals surface area contributed by atoms with Gasteiger partial charge in [0, 0.05) is 0 Å². The number of unbranched alkanes of at least 4 members (excludes halogenated alkanes) is 5. The Hall–Kier alpha value is -1.59. The Morgan fingerprint density at radius 3 is 2.38 bits per heavy atom. The molecule has 0 aromatic heterocycles. The highest BCUT2D eigenvalue weighted by atomic mass is 35.5. The molecule has 0 spiro atoms. The van der Waals surface area contributed by atoms with Crippen LogP contribution >= 0.6 is 11.6 Å². The molecule has 0 fully saturated rings. The summed E-state index contributed by atoms with van der Waals surface area (Å²) in [7, 11) is 0. The number of para-hydroxylation sites is 1. The molecule has 134 valence electrons. The Morgan fingerprint density at radius 2 is 1.62 bits per heavy atom. The molecule has 0 radical (unpaired) electrons. The summed E-state index contributed by atoms with van der Waals surface area (Å²) in [6.45, 7) is 1.95. The quantitative estimate of drug-likeness (QED) is 0.319. The SMILES string of the molecule is CCCCCCCCOC(=O)COCC(=O)Oc1ccccc1Cl. The van der Waals surface area contributed by atoms with Crippen LogP contribution in [0.1, 0.15) is 45.4 Å². The van der Waals surface area contributed by atoms with Gasteiger partial charge in [-0.2, -0.15) is 0 Å². The lowest BCUT2D eigenvalue weighted by Crippen LogP contribution is -2.20. The highest BCUT2D eigenvalue weighted by Crippen LogP contribution is 2.23. The van der Waals surface area contributed by atoms with E-state index in [1.54, 1.807) is 24.3 Å². The number of hydrogen-bond acceptors (Lipinski definition) is 5. The van der Waals surface area contributed by atoms with Crippen LogP contribution in [0.3, 0.4) is 0 Å². The first-order valence-corrected chi connectivity index (χ1v) is 8.70. The van der Waals surface area contributed by atoms with Crippen molar-refractivity contribution in [2.75, 3.05) is 19.8 Å². The Bertz CT molecular complexity index is 504. The summed E-state index contributed by atoms with van der Waals surface area (Å²) in [5.41, 5.74) is 0. The third-order valence-electron chi connectivity index (χ3n) is 3.26. The summed E-state index contributed by atoms with van der Waals surface area (Å²) in [6.07, 6.45) is 6.75. The summed E-state index contributed by atoms with van der Waals surface area (Å²) >= 11 is 5.87. The van der Waals surface area contributed by atoms with Crippen molar-refractivity contribution < 1.29 is 23.8 Å². The van der Waals surface area contributed by atoms with Crippen LogP contribution in [0.2, 0.25) is 5.02 Å². The van der Waals surface area contributed by atoms with Crippen LogP contribution in [0, 0.1) is 0 Å². The molecule has 0 saturated heterocycles. The summed E-state index contributed by atoms with van der Waals surface area (Å²) in [5.74, 6) is -0.834. The Labute approximate surface area is 148 Å². The Kier molecular flexibility index (Phi) is 10.9. The fourth-order valence-corrected chi connectivity index (χ4v) is 2.18. The van der Waals surface area contributed by atoms with Crippen molar-refractivity contribution in [3.05, 3.63) is 29.3 Å². The zero-order valence-corrected chi connectivity index (χ0v) is 14.8. The highest BCUT2D eigenvalue weighted by Gasteiger charge is 2.10. The molecule has 0 aliphatic heterocycles. The van der Waals surface area contributed by atoms with Crippen LogP contribution in [0.15, 0.2) is 24.3 Å². The van der Waals surface area contributed by atoms with Crippen LogP contribution in [0.5, 0.6) is 5.75 Å². The van der Waals surface area contributed by atoms with Crippen molar-refractivity contribution in [3.8, 4) is 5.75 Å². The standard InChI is InChI=1S/C18H25ClO5/c1-2-3-4-5-6-9-12-23-17(20)13-22-14-18(21)24-16-11-8-7-10-15(16)19/h7-8,10-11H,2-6,9,12-14H2,1H3. The zero-order chi connectivity index (χ0) is 17.6. The number of halogens is 1. The van der Waals surface area contributed by atoms with Gasteiger partial charge in [-0.15, -0.1) is 0 Å². The van der Waals surface area contributed by atoms with Crippen LogP contribution in [-0.2, 0) is 19.1 Å². The lowest BCUT2D eigenvalue weighted by Gasteiger charge is -2.07. The van der Waals surface area contributed by atoms with Crippen molar-refractivity contribution in [1.29, 1.82) is 0 Å². The topological polar surface area (TPSA) is 61.8 Å². The van der Waals surface area contributed by atoms with Gasteiger partial charge in [0.2, 0.25) is 0 Å². The van der Waals surface area contributed by atoms with Crippen LogP contribution in [-0.4, -0.2) is 31.8 Å². The number of carbonyl (C=O) groups is 2. The molecule has 0 saturated carbocycles. The molecular formula is C18H25ClO5. The summed E-state index contributed by atoms with van der Waals surface area (Å²) in [4.78, 5) is 23.0. The molecule has 1 aromatic carbocycles. The first kappa shape index (κ1) is 20.5. The normalized spacial score (nSPS) is 10.4. The molecule has 0 heterocycles. The van der Waals surface area contributed by atoms with Crippen molar-refractivity contribution in [3.63, 3.8) is 0 Å². The first-order chi connectivity index (χ1) is 11.6. The second-order valence-corrected chi connectivity index (χ2v) is 5.79. The van der Waals surface area contributed by atoms with Crippen molar-refractivity contribution in [1.82, 2.24) is 0 Å². The zero-order valence-electron chi connectivity index (χ0n) is 14.1. The van der Waals surface area contributed by atoms with E-state index in [2.05, 4.69) is 6.92 Å². The van der Waals surface area contributed by atoms with Gasteiger partial charge in [-0.1, -0.05) is 62.8 Å². The molecule has 0 N–H and O–H groups in total. The van der Waals surface area contributed by atoms with Gasteiger partial charge in [-0.3, -0.25) is 0 Å². The summed E-state index contributed by atoms with van der Waals surface area (Å²) in [6, 6.07) is 6.63. The van der Waals surface area contributed by atoms with Gasteiger partial charge in [0.05, 0.1) is 11.6 Å². The van der Waals surface area contributed by atoms with Crippen molar-refractivity contribution in [2.24, 2.45) is 0 Å². The van der Waals surface area contributed by atoms with Crippen molar-refractivity contribution in [2.45, 2.75) is 45.4 Å². The Balaban J connectivity index is 2.04.